The maximum atomic E-state index is 4.88. The van der Waals surface area contributed by atoms with Crippen molar-refractivity contribution in [2.45, 2.75) is 0 Å². The van der Waals surface area contributed by atoms with Gasteiger partial charge in [-0.15, -0.1) is 40.8 Å². The molecule has 12 nitrogen and oxygen atoms in total. The third kappa shape index (κ3) is 13.1. The summed E-state index contributed by atoms with van der Waals surface area (Å²) in [4.78, 5) is 16.5. The van der Waals surface area contributed by atoms with Gasteiger partial charge in [0, 0.05) is 45.9 Å². The molecule has 6 heterocycles. The summed E-state index contributed by atoms with van der Waals surface area (Å²) in [5.41, 5.74) is 2.57. The molecule has 19 heteroatoms. The van der Waals surface area contributed by atoms with Crippen LogP contribution in [-0.2, 0) is 54.0 Å². The summed E-state index contributed by atoms with van der Waals surface area (Å²) in [6.07, 6.45) is 6.69. The van der Waals surface area contributed by atoms with Crippen molar-refractivity contribution >= 4 is 37.7 Å². The van der Waals surface area contributed by atoms with Gasteiger partial charge in [0.15, 0.2) is 0 Å². The van der Waals surface area contributed by atoms with Crippen LogP contribution in [0.25, 0.3) is 46.1 Å². The van der Waals surface area contributed by atoms with Gasteiger partial charge in [-0.3, -0.25) is 19.9 Å². The molecule has 0 bridgehead atoms. The molecular formula is C24H16Cl4N12Pt3. The Morgan fingerprint density at radius 2 is 0.535 bits per heavy atom. The fraction of sp³-hybridized carbons (Fsp3) is 0. The molecule has 0 saturated heterocycles. The van der Waals surface area contributed by atoms with Gasteiger partial charge in [-0.05, 0) is 48.5 Å². The van der Waals surface area contributed by atoms with E-state index in [2.05, 4.69) is 60.7 Å². The summed E-state index contributed by atoms with van der Waals surface area (Å²) in [6.45, 7) is 0. The molecule has 43 heavy (non-hydrogen) atoms. The van der Waals surface area contributed by atoms with Crippen LogP contribution in [0.2, 0.25) is 0 Å². The second-order valence-electron chi connectivity index (χ2n) is 7.04. The molecule has 6 aromatic heterocycles. The molecule has 0 fully saturated rings. The van der Waals surface area contributed by atoms with Gasteiger partial charge >= 0.3 is 70.6 Å². The van der Waals surface area contributed by atoms with E-state index in [0.29, 0.717) is 46.1 Å². The molecular weight excluding hydrogens is 1180 g/mol. The molecule has 0 amide bonds. The summed E-state index contributed by atoms with van der Waals surface area (Å²) < 4.78 is 0. The van der Waals surface area contributed by atoms with E-state index in [4.69, 9.17) is 37.7 Å². The van der Waals surface area contributed by atoms with E-state index >= 15 is 0 Å². The van der Waals surface area contributed by atoms with E-state index in [1.165, 1.54) is 0 Å². The van der Waals surface area contributed by atoms with Crippen molar-refractivity contribution in [1.29, 1.82) is 0 Å². The molecule has 0 aromatic carbocycles. The second kappa shape index (κ2) is 22.2. The van der Waals surface area contributed by atoms with E-state index in [0.717, 1.165) is 0 Å². The van der Waals surface area contributed by atoms with E-state index in [1.807, 2.05) is 48.5 Å². The molecule has 230 valence electrons. The molecule has 6 aromatic rings. The Hall–Kier alpha value is -2.30. The number of halogens is 4. The van der Waals surface area contributed by atoms with Crippen molar-refractivity contribution in [3.05, 3.63) is 97.6 Å². The van der Waals surface area contributed by atoms with Crippen LogP contribution in [0.5, 0.6) is 0 Å². The average Bonchev–Trinajstić information content (AvgIpc) is 3.08. The Morgan fingerprint density at radius 3 is 0.674 bits per heavy atom. The number of nitrogens with zero attached hydrogens (tertiary/aromatic N) is 12. The van der Waals surface area contributed by atoms with Crippen LogP contribution in [0.1, 0.15) is 0 Å². The van der Waals surface area contributed by atoms with Gasteiger partial charge in [0.2, 0.25) is 23.3 Å². The Kier molecular flexibility index (Phi) is 19.1. The molecule has 0 aliphatic carbocycles. The zero-order chi connectivity index (χ0) is 29.8. The Balaban J connectivity index is 0.000000249. The van der Waals surface area contributed by atoms with E-state index < -0.39 is 33.0 Å². The van der Waals surface area contributed by atoms with E-state index in [1.54, 1.807) is 49.1 Å². The van der Waals surface area contributed by atoms with Crippen LogP contribution in [0.4, 0.5) is 0 Å². The molecule has 0 atom stereocenters. The standard InChI is InChI=1S/2C12H8N6.4ClH.3Pt/c2*1-3-7-13-9(5-1)11-15-17-12(18-16-11)10-6-2-4-8-14-10;;;;;;;/h2*1-8H;4*1H;;;/q;;;;;;;2*+2/p-4. The topological polar surface area (TPSA) is 155 Å². The zero-order valence-electron chi connectivity index (χ0n) is 21.1. The van der Waals surface area contributed by atoms with Crippen LogP contribution in [0.3, 0.4) is 0 Å². The van der Waals surface area contributed by atoms with Crippen LogP contribution in [0.15, 0.2) is 97.6 Å². The summed E-state index contributed by atoms with van der Waals surface area (Å²) in [6, 6.07) is 22.0. The molecule has 0 radical (unpaired) electrons. The minimum Gasteiger partial charge on any atom is -0.253 e. The fourth-order valence-corrected chi connectivity index (χ4v) is 2.85. The molecule has 6 rings (SSSR count). The summed E-state index contributed by atoms with van der Waals surface area (Å²) in [7, 11) is 19.5. The minimum atomic E-state index is -0.472. The number of hydrogen-bond donors (Lipinski definition) is 0. The van der Waals surface area contributed by atoms with Crippen LogP contribution in [0, 0.1) is 0 Å². The second-order valence-corrected chi connectivity index (χ2v) is 13.6. The Labute approximate surface area is 293 Å². The predicted molar refractivity (Wildman–Crippen MR) is 152 cm³/mol. The SMILES string of the molecule is [Cl][Pt][Cl].[Cl][Pt][Cl].[Pt].c1ccc(-c2nnc(-c3ccccn3)nn2)nc1.c1ccc(-c2nnc(-c3ccccn3)nn2)nc1. The van der Waals surface area contributed by atoms with Gasteiger partial charge in [0.05, 0.1) is 0 Å². The largest absolute Gasteiger partial charge is 0.253 e. The molecule has 0 unspecified atom stereocenters. The predicted octanol–water partition coefficient (Wildman–Crippen LogP) is 5.53. The van der Waals surface area contributed by atoms with Crippen molar-refractivity contribution in [1.82, 2.24) is 60.7 Å². The van der Waals surface area contributed by atoms with Gasteiger partial charge < -0.3 is 0 Å². The van der Waals surface area contributed by atoms with E-state index in [9.17, 15) is 0 Å². The average molecular weight is 1200 g/mol. The van der Waals surface area contributed by atoms with Crippen molar-refractivity contribution in [3.63, 3.8) is 0 Å². The van der Waals surface area contributed by atoms with E-state index in [-0.39, 0.29) is 21.1 Å². The van der Waals surface area contributed by atoms with Crippen molar-refractivity contribution in [3.8, 4) is 46.1 Å². The third-order valence-corrected chi connectivity index (χ3v) is 4.53. The van der Waals surface area contributed by atoms with Crippen LogP contribution in [-0.4, -0.2) is 60.7 Å². The molecule has 0 aliphatic rings. The van der Waals surface area contributed by atoms with Gasteiger partial charge in [0.1, 0.15) is 22.8 Å². The summed E-state index contributed by atoms with van der Waals surface area (Å²) in [5, 5.41) is 32.0. The van der Waals surface area contributed by atoms with Crippen molar-refractivity contribution < 1.29 is 54.0 Å². The van der Waals surface area contributed by atoms with Gasteiger partial charge in [-0.1, -0.05) is 24.3 Å². The summed E-state index contributed by atoms with van der Waals surface area (Å²) >= 11 is -0.944. The quantitative estimate of drug-likeness (QED) is 0.218. The Morgan fingerprint density at radius 1 is 0.349 bits per heavy atom. The fourth-order valence-electron chi connectivity index (χ4n) is 2.85. The summed E-state index contributed by atoms with van der Waals surface area (Å²) in [5.74, 6) is 1.59. The first-order valence-corrected chi connectivity index (χ1v) is 22.4. The molecule has 0 saturated carbocycles. The maximum absolute atomic E-state index is 4.88. The van der Waals surface area contributed by atoms with Crippen LogP contribution >= 0.6 is 37.7 Å². The number of rotatable bonds is 4. The number of hydrogen-bond acceptors (Lipinski definition) is 12. The van der Waals surface area contributed by atoms with Crippen LogP contribution < -0.4 is 0 Å². The molecule has 0 N–H and O–H groups in total. The van der Waals surface area contributed by atoms with Gasteiger partial charge in [-0.25, -0.2) is 0 Å². The smallest absolute Gasteiger partial charge is 0.221 e. The number of aromatic nitrogens is 12. The van der Waals surface area contributed by atoms with Gasteiger partial charge in [0.25, 0.3) is 0 Å². The minimum absolute atomic E-state index is 0. The van der Waals surface area contributed by atoms with Gasteiger partial charge in [-0.2, -0.15) is 0 Å². The first-order chi connectivity index (χ1) is 20.7. The van der Waals surface area contributed by atoms with Crippen molar-refractivity contribution in [2.75, 3.05) is 0 Å². The molecule has 0 aliphatic heterocycles. The third-order valence-electron chi connectivity index (χ3n) is 4.53. The normalized spacial score (nSPS) is 9.58. The zero-order valence-corrected chi connectivity index (χ0v) is 30.9. The first-order valence-electron chi connectivity index (χ1n) is 11.1. The Bertz CT molecular complexity index is 1310. The maximum Gasteiger partial charge on any atom is 0.221 e. The first kappa shape index (κ1) is 36.9. The molecule has 0 spiro atoms. The number of pyridine rings is 4. The van der Waals surface area contributed by atoms with Crippen molar-refractivity contribution in [2.24, 2.45) is 0 Å². The monoisotopic (exact) mass is 1200 g/mol.